The molecule has 0 bridgehead atoms. The maximum absolute atomic E-state index is 9.52. The van der Waals surface area contributed by atoms with Gasteiger partial charge in [0.15, 0.2) is 12.4 Å². The fraction of sp³-hybridized carbons (Fsp3) is 0.0769. The summed E-state index contributed by atoms with van der Waals surface area (Å²) in [6, 6.07) is 10.9. The third-order valence-electron chi connectivity index (χ3n) is 2.31. The van der Waals surface area contributed by atoms with Crippen LogP contribution in [-0.4, -0.2) is 11.3 Å². The van der Waals surface area contributed by atoms with Gasteiger partial charge in [-0.25, -0.2) is 4.57 Å². The molecule has 0 aliphatic rings. The molecule has 2 rings (SSSR count). The lowest BCUT2D eigenvalue weighted by atomic mass is 10.2. The monoisotopic (exact) mass is 355 g/mol. The van der Waals surface area contributed by atoms with E-state index in [9.17, 15) is 5.11 Å². The van der Waals surface area contributed by atoms with Gasteiger partial charge in [-0.05, 0) is 12.1 Å². The molecule has 0 spiro atoms. The van der Waals surface area contributed by atoms with Crippen molar-refractivity contribution in [2.75, 3.05) is 5.43 Å². The Kier molecular flexibility index (Phi) is 5.57. The van der Waals surface area contributed by atoms with Gasteiger partial charge in [-0.3, -0.25) is 5.43 Å². The van der Waals surface area contributed by atoms with Crippen molar-refractivity contribution in [2.24, 2.45) is 12.1 Å². The highest BCUT2D eigenvalue weighted by atomic mass is 127. The van der Waals surface area contributed by atoms with Gasteiger partial charge in [0, 0.05) is 17.7 Å². The van der Waals surface area contributed by atoms with Crippen molar-refractivity contribution in [2.45, 2.75) is 0 Å². The Balaban J connectivity index is 0.00000162. The number of benzene rings is 1. The van der Waals surface area contributed by atoms with Crippen LogP contribution in [0.25, 0.3) is 0 Å². The first kappa shape index (κ1) is 14.4. The Hall–Kier alpha value is -1.63. The number of aromatic hydroxyl groups is 1. The Morgan fingerprint density at radius 3 is 2.50 bits per heavy atom. The molecule has 0 aliphatic heterocycles. The van der Waals surface area contributed by atoms with Gasteiger partial charge < -0.3 is 29.1 Å². The van der Waals surface area contributed by atoms with Crippen molar-refractivity contribution >= 4 is 11.9 Å². The lowest BCUT2D eigenvalue weighted by molar-refractivity contribution is -0.671. The molecule has 0 atom stereocenters. The van der Waals surface area contributed by atoms with Gasteiger partial charge in [0.2, 0.25) is 0 Å². The van der Waals surface area contributed by atoms with Crippen molar-refractivity contribution in [1.82, 2.24) is 0 Å². The number of anilines is 1. The largest absolute Gasteiger partial charge is 1.00 e. The number of phenolic OH excluding ortho intramolecular Hbond substituents is 1. The van der Waals surface area contributed by atoms with Crippen LogP contribution >= 0.6 is 0 Å². The third-order valence-corrected chi connectivity index (χ3v) is 2.31. The number of aromatic nitrogens is 1. The number of hydrogen-bond acceptors (Lipinski definition) is 3. The molecular formula is C13H14IN3O. The van der Waals surface area contributed by atoms with Crippen LogP contribution in [0.15, 0.2) is 53.9 Å². The maximum atomic E-state index is 9.52. The van der Waals surface area contributed by atoms with Crippen molar-refractivity contribution in [3.8, 4) is 5.75 Å². The van der Waals surface area contributed by atoms with Gasteiger partial charge >= 0.3 is 0 Å². The molecule has 18 heavy (non-hydrogen) atoms. The van der Waals surface area contributed by atoms with E-state index in [0.29, 0.717) is 5.56 Å². The summed E-state index contributed by atoms with van der Waals surface area (Å²) in [6.45, 7) is 0. The topological polar surface area (TPSA) is 48.5 Å². The van der Waals surface area contributed by atoms with Gasteiger partial charge in [-0.2, -0.15) is 5.10 Å². The number of halogens is 1. The minimum Gasteiger partial charge on any atom is -1.00 e. The molecule has 0 fully saturated rings. The highest BCUT2D eigenvalue weighted by molar-refractivity contribution is 5.83. The first-order valence-corrected chi connectivity index (χ1v) is 5.28. The highest BCUT2D eigenvalue weighted by Gasteiger charge is 1.95. The summed E-state index contributed by atoms with van der Waals surface area (Å²) in [7, 11) is 1.95. The van der Waals surface area contributed by atoms with Gasteiger partial charge in [0.05, 0.1) is 11.9 Å². The minimum atomic E-state index is 0. The van der Waals surface area contributed by atoms with E-state index in [1.165, 1.54) is 0 Å². The zero-order valence-electron chi connectivity index (χ0n) is 9.92. The molecule has 0 radical (unpaired) electrons. The van der Waals surface area contributed by atoms with Gasteiger partial charge in [-0.15, -0.1) is 0 Å². The molecule has 0 saturated heterocycles. The average molecular weight is 355 g/mol. The molecule has 2 N–H and O–H groups in total. The summed E-state index contributed by atoms with van der Waals surface area (Å²) in [5, 5.41) is 13.6. The summed E-state index contributed by atoms with van der Waals surface area (Å²) in [4.78, 5) is 0. The summed E-state index contributed by atoms with van der Waals surface area (Å²) in [5.74, 6) is 0.220. The second kappa shape index (κ2) is 6.95. The third kappa shape index (κ3) is 3.99. The molecule has 0 aliphatic carbocycles. The highest BCUT2D eigenvalue weighted by Crippen LogP contribution is 2.12. The molecule has 94 valence electrons. The van der Waals surface area contributed by atoms with Crippen LogP contribution in [0.4, 0.5) is 5.69 Å². The van der Waals surface area contributed by atoms with Crippen molar-refractivity contribution in [3.63, 3.8) is 0 Å². The molecule has 4 nitrogen and oxygen atoms in total. The molecule has 5 heteroatoms. The Bertz CT molecular complexity index is 526. The Labute approximate surface area is 123 Å². The van der Waals surface area contributed by atoms with Gasteiger partial charge in [0.1, 0.15) is 12.8 Å². The van der Waals surface area contributed by atoms with E-state index in [1.807, 2.05) is 42.2 Å². The van der Waals surface area contributed by atoms with E-state index in [0.717, 1.165) is 5.69 Å². The van der Waals surface area contributed by atoms with Crippen LogP contribution in [0.1, 0.15) is 5.56 Å². The average Bonchev–Trinajstić information content (AvgIpc) is 2.34. The molecule has 0 saturated carbocycles. The van der Waals surface area contributed by atoms with Crippen LogP contribution < -0.4 is 34.0 Å². The SMILES string of the molecule is C[n+]1ccc(N/N=C/c2ccccc2O)cc1.[I-]. The van der Waals surface area contributed by atoms with Gasteiger partial charge in [0.25, 0.3) is 0 Å². The molecule has 1 aromatic carbocycles. The number of hydrogen-bond donors (Lipinski definition) is 2. The van der Waals surface area contributed by atoms with Crippen molar-refractivity contribution in [3.05, 3.63) is 54.4 Å². The standard InChI is InChI=1S/C13H13N3O.HI/c1-16-8-6-12(7-9-16)15-14-10-11-4-2-3-5-13(11)17;/h2-10H,1H3,(H,14,17);1H. The fourth-order valence-corrected chi connectivity index (χ4v) is 1.35. The van der Waals surface area contributed by atoms with E-state index in [2.05, 4.69) is 10.5 Å². The molecular weight excluding hydrogens is 341 g/mol. The van der Waals surface area contributed by atoms with Crippen LogP contribution in [0.3, 0.4) is 0 Å². The van der Waals surface area contributed by atoms with E-state index in [4.69, 9.17) is 0 Å². The smallest absolute Gasteiger partial charge is 0.170 e. The summed E-state index contributed by atoms with van der Waals surface area (Å²) in [5.41, 5.74) is 4.47. The number of nitrogens with zero attached hydrogens (tertiary/aromatic N) is 2. The molecule has 1 heterocycles. The Morgan fingerprint density at radius 1 is 1.17 bits per heavy atom. The van der Waals surface area contributed by atoms with Crippen molar-refractivity contribution < 1.29 is 33.7 Å². The quantitative estimate of drug-likeness (QED) is 0.310. The number of pyridine rings is 1. The van der Waals surface area contributed by atoms with E-state index in [-0.39, 0.29) is 29.7 Å². The maximum Gasteiger partial charge on any atom is 0.170 e. The number of rotatable bonds is 3. The predicted molar refractivity (Wildman–Crippen MR) is 66.9 cm³/mol. The molecule has 0 unspecified atom stereocenters. The number of aryl methyl sites for hydroxylation is 1. The minimum absolute atomic E-state index is 0. The molecule has 1 aromatic heterocycles. The first-order chi connectivity index (χ1) is 8.25. The lowest BCUT2D eigenvalue weighted by Gasteiger charge is -1.99. The van der Waals surface area contributed by atoms with Gasteiger partial charge in [-0.1, -0.05) is 12.1 Å². The summed E-state index contributed by atoms with van der Waals surface area (Å²) in [6.07, 6.45) is 5.44. The fourth-order valence-electron chi connectivity index (χ4n) is 1.35. The Morgan fingerprint density at radius 2 is 1.83 bits per heavy atom. The summed E-state index contributed by atoms with van der Waals surface area (Å²) >= 11 is 0. The number of nitrogens with one attached hydrogen (secondary N) is 1. The first-order valence-electron chi connectivity index (χ1n) is 5.28. The van der Waals surface area contributed by atoms with E-state index < -0.39 is 0 Å². The van der Waals surface area contributed by atoms with Crippen LogP contribution in [0, 0.1) is 0 Å². The van der Waals surface area contributed by atoms with E-state index >= 15 is 0 Å². The zero-order valence-corrected chi connectivity index (χ0v) is 12.1. The number of phenols is 1. The summed E-state index contributed by atoms with van der Waals surface area (Å²) < 4.78 is 1.94. The lowest BCUT2D eigenvalue weighted by Crippen LogP contribution is -3.00. The number of para-hydroxylation sites is 1. The van der Waals surface area contributed by atoms with Crippen molar-refractivity contribution in [1.29, 1.82) is 0 Å². The molecule has 0 amide bonds. The zero-order chi connectivity index (χ0) is 12.1. The second-order valence-electron chi connectivity index (χ2n) is 3.68. The van der Waals surface area contributed by atoms with Crippen LogP contribution in [0.2, 0.25) is 0 Å². The molecule has 2 aromatic rings. The van der Waals surface area contributed by atoms with Crippen LogP contribution in [-0.2, 0) is 7.05 Å². The number of hydrazone groups is 1. The van der Waals surface area contributed by atoms with Crippen LogP contribution in [0.5, 0.6) is 5.75 Å². The normalized spacial score (nSPS) is 10.1. The predicted octanol–water partition coefficient (Wildman–Crippen LogP) is -1.33. The van der Waals surface area contributed by atoms with E-state index in [1.54, 1.807) is 24.4 Å². The second-order valence-corrected chi connectivity index (χ2v) is 3.68.